The predicted octanol–water partition coefficient (Wildman–Crippen LogP) is 2.99. The van der Waals surface area contributed by atoms with E-state index in [0.717, 1.165) is 10.6 Å². The number of anilines is 1. The standard InChI is InChI=1S/C20H23N3O5S/c1-20(2,3)28-19(26)22-10-9-17(25)27-12-15(24)13(11-21)18-23(4)14-7-5-6-8-16(14)29-18/h5-8H,9-10,12H2,1-4H3,(H,22,26)/b18-13-. The number of nitrogens with one attached hydrogen (secondary N) is 1. The van der Waals surface area contributed by atoms with Crippen LogP contribution in [0.2, 0.25) is 0 Å². The molecule has 1 amide bonds. The third-order valence-corrected chi connectivity index (χ3v) is 4.94. The smallest absolute Gasteiger partial charge is 0.407 e. The zero-order valence-electron chi connectivity index (χ0n) is 16.8. The molecule has 1 aliphatic rings. The summed E-state index contributed by atoms with van der Waals surface area (Å²) >= 11 is 1.32. The molecule has 0 atom stereocenters. The Morgan fingerprint density at radius 1 is 1.24 bits per heavy atom. The molecule has 1 heterocycles. The van der Waals surface area contributed by atoms with Crippen LogP contribution < -0.4 is 10.2 Å². The molecule has 0 fully saturated rings. The number of esters is 1. The van der Waals surface area contributed by atoms with Gasteiger partial charge in [0.2, 0.25) is 5.78 Å². The van der Waals surface area contributed by atoms with E-state index in [4.69, 9.17) is 9.47 Å². The molecule has 0 aromatic heterocycles. The fourth-order valence-electron chi connectivity index (χ4n) is 2.42. The third kappa shape index (κ3) is 6.26. The number of carbonyl (C=O) groups is 3. The molecule has 2 rings (SSSR count). The number of alkyl carbamates (subject to hydrolysis) is 1. The van der Waals surface area contributed by atoms with Gasteiger partial charge in [-0.05, 0) is 32.9 Å². The molecule has 154 valence electrons. The van der Waals surface area contributed by atoms with Gasteiger partial charge in [0, 0.05) is 18.5 Å². The first-order valence-electron chi connectivity index (χ1n) is 8.93. The Morgan fingerprint density at radius 3 is 2.55 bits per heavy atom. The van der Waals surface area contributed by atoms with Gasteiger partial charge in [0.05, 0.1) is 12.1 Å². The summed E-state index contributed by atoms with van der Waals surface area (Å²) in [4.78, 5) is 38.4. The van der Waals surface area contributed by atoms with Crippen LogP contribution in [0, 0.1) is 11.3 Å². The van der Waals surface area contributed by atoms with Crippen molar-refractivity contribution in [2.45, 2.75) is 37.7 Å². The number of hydrogen-bond donors (Lipinski definition) is 1. The Morgan fingerprint density at radius 2 is 1.93 bits per heavy atom. The Bertz CT molecular complexity index is 883. The van der Waals surface area contributed by atoms with Crippen molar-refractivity contribution in [3.05, 3.63) is 34.9 Å². The lowest BCUT2D eigenvalue weighted by atomic mass is 10.2. The van der Waals surface area contributed by atoms with E-state index < -0.39 is 30.1 Å². The van der Waals surface area contributed by atoms with Gasteiger partial charge < -0.3 is 19.7 Å². The molecule has 1 N–H and O–H groups in total. The highest BCUT2D eigenvalue weighted by molar-refractivity contribution is 8.03. The Kier molecular flexibility index (Phi) is 7.29. The van der Waals surface area contributed by atoms with Gasteiger partial charge >= 0.3 is 12.1 Å². The van der Waals surface area contributed by atoms with Crippen LogP contribution in [-0.4, -0.2) is 43.6 Å². The average Bonchev–Trinajstić information content (AvgIpc) is 2.96. The Balaban J connectivity index is 1.86. The highest BCUT2D eigenvalue weighted by Gasteiger charge is 2.28. The fraction of sp³-hybridized carbons (Fsp3) is 0.400. The molecule has 8 nitrogen and oxygen atoms in total. The molecular weight excluding hydrogens is 394 g/mol. The van der Waals surface area contributed by atoms with Gasteiger partial charge in [0.15, 0.2) is 6.61 Å². The first kappa shape index (κ1) is 22.3. The van der Waals surface area contributed by atoms with Crippen molar-refractivity contribution in [3.8, 4) is 6.07 Å². The maximum atomic E-state index is 12.4. The molecular formula is C20H23N3O5S. The second-order valence-electron chi connectivity index (χ2n) is 7.18. The lowest BCUT2D eigenvalue weighted by molar-refractivity contribution is -0.146. The minimum absolute atomic E-state index is 0.0159. The van der Waals surface area contributed by atoms with Crippen molar-refractivity contribution in [3.63, 3.8) is 0 Å². The number of fused-ring (bicyclic) bond motifs is 1. The molecule has 0 spiro atoms. The number of ketones is 1. The summed E-state index contributed by atoms with van der Waals surface area (Å²) in [7, 11) is 1.77. The number of thioether (sulfide) groups is 1. The summed E-state index contributed by atoms with van der Waals surface area (Å²) in [5.41, 5.74) is 0.204. The molecule has 0 bridgehead atoms. The van der Waals surface area contributed by atoms with Gasteiger partial charge in [-0.3, -0.25) is 9.59 Å². The number of benzene rings is 1. The summed E-state index contributed by atoms with van der Waals surface area (Å²) in [5, 5.41) is 12.4. The normalized spacial score (nSPS) is 14.5. The molecule has 9 heteroatoms. The lowest BCUT2D eigenvalue weighted by Gasteiger charge is -2.19. The minimum atomic E-state index is -0.660. The number of rotatable bonds is 6. The number of para-hydroxylation sites is 1. The van der Waals surface area contributed by atoms with Crippen molar-refractivity contribution >= 4 is 35.3 Å². The van der Waals surface area contributed by atoms with Crippen LogP contribution >= 0.6 is 11.8 Å². The zero-order chi connectivity index (χ0) is 21.6. The second-order valence-corrected chi connectivity index (χ2v) is 8.21. The molecule has 0 saturated carbocycles. The number of amides is 1. The lowest BCUT2D eigenvalue weighted by Crippen LogP contribution is -2.33. The minimum Gasteiger partial charge on any atom is -0.457 e. The predicted molar refractivity (Wildman–Crippen MR) is 108 cm³/mol. The van der Waals surface area contributed by atoms with Crippen molar-refractivity contribution in [2.24, 2.45) is 0 Å². The van der Waals surface area contributed by atoms with Gasteiger partial charge in [0.1, 0.15) is 22.3 Å². The summed E-state index contributed by atoms with van der Waals surface area (Å²) in [6.45, 7) is 4.66. The quantitative estimate of drug-likeness (QED) is 0.427. The molecule has 0 aliphatic carbocycles. The maximum Gasteiger partial charge on any atom is 0.407 e. The van der Waals surface area contributed by atoms with Crippen LogP contribution in [0.3, 0.4) is 0 Å². The van der Waals surface area contributed by atoms with E-state index in [1.165, 1.54) is 11.8 Å². The molecule has 0 saturated heterocycles. The number of nitriles is 1. The van der Waals surface area contributed by atoms with Crippen molar-refractivity contribution in [1.29, 1.82) is 5.26 Å². The van der Waals surface area contributed by atoms with E-state index >= 15 is 0 Å². The van der Waals surface area contributed by atoms with Gasteiger partial charge in [0.25, 0.3) is 0 Å². The average molecular weight is 417 g/mol. The first-order chi connectivity index (χ1) is 13.6. The highest BCUT2D eigenvalue weighted by Crippen LogP contribution is 2.46. The Labute approximate surface area is 173 Å². The van der Waals surface area contributed by atoms with E-state index in [9.17, 15) is 19.6 Å². The third-order valence-electron chi connectivity index (χ3n) is 3.70. The number of carbonyl (C=O) groups excluding carboxylic acids is 3. The SMILES string of the molecule is CN1/C(=C(\C#N)C(=O)COC(=O)CCNC(=O)OC(C)(C)C)Sc2ccccc21. The molecule has 0 radical (unpaired) electrons. The number of nitrogens with zero attached hydrogens (tertiary/aromatic N) is 2. The van der Waals surface area contributed by atoms with Crippen LogP contribution in [-0.2, 0) is 19.1 Å². The number of ether oxygens (including phenoxy) is 2. The maximum absolute atomic E-state index is 12.4. The Hall–Kier alpha value is -2.99. The van der Waals surface area contributed by atoms with Crippen molar-refractivity contribution in [2.75, 3.05) is 25.1 Å². The van der Waals surface area contributed by atoms with Gasteiger partial charge in [-0.25, -0.2) is 4.79 Å². The molecule has 0 unspecified atom stereocenters. The first-order valence-corrected chi connectivity index (χ1v) is 9.74. The topological polar surface area (TPSA) is 109 Å². The number of Topliss-reactive ketones (excluding diaryl/α,β-unsaturated/α-hetero) is 1. The molecule has 1 aromatic rings. The van der Waals surface area contributed by atoms with Crippen LogP contribution in [0.5, 0.6) is 0 Å². The molecule has 1 aliphatic heterocycles. The summed E-state index contributed by atoms with van der Waals surface area (Å²) in [6.07, 6.45) is -0.760. The van der Waals surface area contributed by atoms with Crippen LogP contribution in [0.1, 0.15) is 27.2 Å². The molecule has 1 aromatic carbocycles. The fourth-order valence-corrected chi connectivity index (χ4v) is 3.58. The van der Waals surface area contributed by atoms with E-state index in [2.05, 4.69) is 5.32 Å². The zero-order valence-corrected chi connectivity index (χ0v) is 17.6. The van der Waals surface area contributed by atoms with Crippen LogP contribution in [0.25, 0.3) is 0 Å². The summed E-state index contributed by atoms with van der Waals surface area (Å²) in [6, 6.07) is 9.47. The van der Waals surface area contributed by atoms with Gasteiger partial charge in [-0.1, -0.05) is 23.9 Å². The van der Waals surface area contributed by atoms with E-state index in [0.29, 0.717) is 5.03 Å². The van der Waals surface area contributed by atoms with Crippen molar-refractivity contribution < 1.29 is 23.9 Å². The monoisotopic (exact) mass is 417 g/mol. The van der Waals surface area contributed by atoms with Gasteiger partial charge in [-0.15, -0.1) is 0 Å². The largest absolute Gasteiger partial charge is 0.457 e. The van der Waals surface area contributed by atoms with E-state index in [1.54, 1.807) is 32.7 Å². The second kappa shape index (κ2) is 9.47. The van der Waals surface area contributed by atoms with E-state index in [1.807, 2.05) is 30.3 Å². The van der Waals surface area contributed by atoms with Crippen LogP contribution in [0.15, 0.2) is 39.8 Å². The number of hydrogen-bond acceptors (Lipinski definition) is 8. The summed E-state index contributed by atoms with van der Waals surface area (Å²) < 4.78 is 10.00. The highest BCUT2D eigenvalue weighted by atomic mass is 32.2. The molecule has 29 heavy (non-hydrogen) atoms. The van der Waals surface area contributed by atoms with Gasteiger partial charge in [-0.2, -0.15) is 5.26 Å². The van der Waals surface area contributed by atoms with Crippen LogP contribution in [0.4, 0.5) is 10.5 Å². The summed E-state index contributed by atoms with van der Waals surface area (Å²) in [5.74, 6) is -1.24. The van der Waals surface area contributed by atoms with E-state index in [-0.39, 0.29) is 18.5 Å². The van der Waals surface area contributed by atoms with Crippen molar-refractivity contribution in [1.82, 2.24) is 5.32 Å².